The Hall–Kier alpha value is -1.35. The Balaban J connectivity index is 1.51. The molecule has 0 unspecified atom stereocenters. The standard InChI is InChI=1S/C19H28N2O5S/c22-27(23,16-4-5-17-18(14-16)26-13-12-25-17)20-15-19(6-2-1-3-7-19)21-8-10-24-11-9-21/h4-5,14,20H,1-3,6-13,15H2/p+1. The average molecular weight is 398 g/mol. The first-order valence-electron chi connectivity index (χ1n) is 9.91. The van der Waals surface area contributed by atoms with Gasteiger partial charge < -0.3 is 19.1 Å². The molecule has 0 bridgehead atoms. The summed E-state index contributed by atoms with van der Waals surface area (Å²) in [5, 5.41) is 0. The molecule has 1 aromatic carbocycles. The summed E-state index contributed by atoms with van der Waals surface area (Å²) >= 11 is 0. The Labute approximate surface area is 161 Å². The lowest BCUT2D eigenvalue weighted by molar-refractivity contribution is -0.960. The van der Waals surface area contributed by atoms with Gasteiger partial charge in [0.05, 0.1) is 24.7 Å². The molecule has 1 aromatic rings. The van der Waals surface area contributed by atoms with Crippen molar-refractivity contribution in [2.45, 2.75) is 42.5 Å². The molecule has 0 aromatic heterocycles. The lowest BCUT2D eigenvalue weighted by Crippen LogP contribution is -3.23. The van der Waals surface area contributed by atoms with Crippen molar-refractivity contribution < 1.29 is 27.5 Å². The summed E-state index contributed by atoms with van der Waals surface area (Å²) in [7, 11) is -3.60. The summed E-state index contributed by atoms with van der Waals surface area (Å²) in [6, 6.07) is 4.82. The zero-order chi connectivity index (χ0) is 18.7. The molecule has 2 N–H and O–H groups in total. The predicted octanol–water partition coefficient (Wildman–Crippen LogP) is 0.354. The topological polar surface area (TPSA) is 78.3 Å². The van der Waals surface area contributed by atoms with Gasteiger partial charge in [0.25, 0.3) is 0 Å². The highest BCUT2D eigenvalue weighted by Gasteiger charge is 2.43. The Morgan fingerprint density at radius 1 is 0.963 bits per heavy atom. The minimum absolute atomic E-state index is 0.0249. The number of sulfonamides is 1. The van der Waals surface area contributed by atoms with Crippen molar-refractivity contribution in [3.05, 3.63) is 18.2 Å². The van der Waals surface area contributed by atoms with E-state index in [9.17, 15) is 8.42 Å². The van der Waals surface area contributed by atoms with Crippen molar-refractivity contribution in [2.75, 3.05) is 46.1 Å². The van der Waals surface area contributed by atoms with Gasteiger partial charge in [0.15, 0.2) is 11.5 Å². The highest BCUT2D eigenvalue weighted by molar-refractivity contribution is 7.89. The number of nitrogens with one attached hydrogen (secondary N) is 2. The SMILES string of the molecule is O=S(=O)(NCC1([NH+]2CCOCC2)CCCCC1)c1ccc2c(c1)OCCO2. The maximum Gasteiger partial charge on any atom is 0.240 e. The fourth-order valence-electron chi connectivity index (χ4n) is 4.54. The Bertz CT molecular complexity index is 755. The van der Waals surface area contributed by atoms with E-state index in [-0.39, 0.29) is 10.4 Å². The van der Waals surface area contributed by atoms with Gasteiger partial charge in [0, 0.05) is 18.9 Å². The van der Waals surface area contributed by atoms with Gasteiger partial charge in [0.2, 0.25) is 10.0 Å². The van der Waals surface area contributed by atoms with Gasteiger partial charge in [0.1, 0.15) is 31.8 Å². The number of hydrogen-bond donors (Lipinski definition) is 2. The predicted molar refractivity (Wildman–Crippen MR) is 100.0 cm³/mol. The molecule has 2 fully saturated rings. The Kier molecular flexibility index (Phi) is 5.59. The molecular weight excluding hydrogens is 368 g/mol. The quantitative estimate of drug-likeness (QED) is 0.750. The highest BCUT2D eigenvalue weighted by Crippen LogP contribution is 2.32. The zero-order valence-corrected chi connectivity index (χ0v) is 16.5. The second-order valence-electron chi connectivity index (χ2n) is 7.69. The van der Waals surface area contributed by atoms with Gasteiger partial charge in [-0.1, -0.05) is 6.42 Å². The molecule has 0 amide bonds. The molecule has 1 aliphatic carbocycles. The van der Waals surface area contributed by atoms with E-state index < -0.39 is 10.0 Å². The molecule has 3 aliphatic rings. The first-order chi connectivity index (χ1) is 13.1. The van der Waals surface area contributed by atoms with E-state index in [2.05, 4.69) is 4.72 Å². The van der Waals surface area contributed by atoms with Crippen LogP contribution in [0.2, 0.25) is 0 Å². The molecule has 7 nitrogen and oxygen atoms in total. The number of rotatable bonds is 5. The second kappa shape index (κ2) is 7.95. The zero-order valence-electron chi connectivity index (χ0n) is 15.7. The van der Waals surface area contributed by atoms with Crippen LogP contribution in [0.25, 0.3) is 0 Å². The molecule has 2 aliphatic heterocycles. The number of benzene rings is 1. The van der Waals surface area contributed by atoms with Crippen LogP contribution in [0, 0.1) is 0 Å². The number of quaternary nitrogens is 1. The van der Waals surface area contributed by atoms with E-state index in [1.54, 1.807) is 18.2 Å². The largest absolute Gasteiger partial charge is 0.486 e. The van der Waals surface area contributed by atoms with E-state index in [1.165, 1.54) is 11.3 Å². The highest BCUT2D eigenvalue weighted by atomic mass is 32.2. The third kappa shape index (κ3) is 4.08. The van der Waals surface area contributed by atoms with E-state index in [0.29, 0.717) is 31.3 Å². The number of fused-ring (bicyclic) bond motifs is 1. The lowest BCUT2D eigenvalue weighted by atomic mass is 9.80. The smallest absolute Gasteiger partial charge is 0.240 e. The van der Waals surface area contributed by atoms with Crippen LogP contribution >= 0.6 is 0 Å². The Morgan fingerprint density at radius 2 is 1.67 bits per heavy atom. The normalized spacial score (nSPS) is 23.1. The van der Waals surface area contributed by atoms with Gasteiger partial charge >= 0.3 is 0 Å². The lowest BCUT2D eigenvalue weighted by Gasteiger charge is -2.44. The summed E-state index contributed by atoms with van der Waals surface area (Å²) in [5.74, 6) is 1.09. The van der Waals surface area contributed by atoms with Gasteiger partial charge in [-0.2, -0.15) is 0 Å². The van der Waals surface area contributed by atoms with Crippen LogP contribution in [0.5, 0.6) is 11.5 Å². The van der Waals surface area contributed by atoms with Crippen LogP contribution in [0.15, 0.2) is 23.1 Å². The monoisotopic (exact) mass is 397 g/mol. The molecular formula is C19H29N2O5S+. The fourth-order valence-corrected chi connectivity index (χ4v) is 5.68. The maximum atomic E-state index is 12.9. The second-order valence-corrected chi connectivity index (χ2v) is 9.45. The van der Waals surface area contributed by atoms with Crippen LogP contribution in [-0.4, -0.2) is 60.0 Å². The van der Waals surface area contributed by atoms with Crippen LogP contribution < -0.4 is 19.1 Å². The van der Waals surface area contributed by atoms with Gasteiger partial charge in [-0.3, -0.25) is 0 Å². The summed E-state index contributed by atoms with van der Waals surface area (Å²) in [6.45, 7) is 4.81. The molecule has 0 spiro atoms. The van der Waals surface area contributed by atoms with Crippen molar-refractivity contribution >= 4 is 10.0 Å². The van der Waals surface area contributed by atoms with Crippen molar-refractivity contribution in [2.24, 2.45) is 0 Å². The first kappa shape index (κ1) is 19.0. The van der Waals surface area contributed by atoms with Crippen LogP contribution in [0.1, 0.15) is 32.1 Å². The van der Waals surface area contributed by atoms with Crippen molar-refractivity contribution in [1.29, 1.82) is 0 Å². The number of morpholine rings is 1. The van der Waals surface area contributed by atoms with E-state index >= 15 is 0 Å². The van der Waals surface area contributed by atoms with Crippen molar-refractivity contribution in [1.82, 2.24) is 4.72 Å². The molecule has 0 radical (unpaired) electrons. The van der Waals surface area contributed by atoms with Crippen LogP contribution in [0.4, 0.5) is 0 Å². The fraction of sp³-hybridized carbons (Fsp3) is 0.684. The molecule has 27 heavy (non-hydrogen) atoms. The third-order valence-corrected chi connectivity index (χ3v) is 7.48. The average Bonchev–Trinajstić information content (AvgIpc) is 2.73. The van der Waals surface area contributed by atoms with Crippen molar-refractivity contribution in [3.63, 3.8) is 0 Å². The van der Waals surface area contributed by atoms with E-state index in [1.807, 2.05) is 0 Å². The molecule has 150 valence electrons. The summed E-state index contributed by atoms with van der Waals surface area (Å²) in [6.07, 6.45) is 5.69. The molecule has 0 atom stereocenters. The van der Waals surface area contributed by atoms with Crippen LogP contribution in [0.3, 0.4) is 0 Å². The molecule has 8 heteroatoms. The minimum Gasteiger partial charge on any atom is -0.486 e. The summed E-state index contributed by atoms with van der Waals surface area (Å²) in [4.78, 5) is 1.72. The first-order valence-corrected chi connectivity index (χ1v) is 11.4. The van der Waals surface area contributed by atoms with Gasteiger partial charge in [-0.05, 0) is 25.0 Å². The third-order valence-electron chi connectivity index (χ3n) is 6.08. The van der Waals surface area contributed by atoms with E-state index in [0.717, 1.165) is 52.0 Å². The summed E-state index contributed by atoms with van der Waals surface area (Å²) in [5.41, 5.74) is -0.0249. The van der Waals surface area contributed by atoms with Crippen LogP contribution in [-0.2, 0) is 14.8 Å². The maximum absolute atomic E-state index is 12.9. The van der Waals surface area contributed by atoms with Gasteiger partial charge in [-0.15, -0.1) is 0 Å². The number of hydrogen-bond acceptors (Lipinski definition) is 5. The number of ether oxygens (including phenoxy) is 3. The minimum atomic E-state index is -3.60. The molecule has 1 saturated carbocycles. The summed E-state index contributed by atoms with van der Waals surface area (Å²) < 4.78 is 45.3. The van der Waals surface area contributed by atoms with E-state index in [4.69, 9.17) is 14.2 Å². The van der Waals surface area contributed by atoms with Gasteiger partial charge in [-0.25, -0.2) is 13.1 Å². The Morgan fingerprint density at radius 3 is 2.41 bits per heavy atom. The van der Waals surface area contributed by atoms with Crippen molar-refractivity contribution in [3.8, 4) is 11.5 Å². The molecule has 4 rings (SSSR count). The molecule has 1 saturated heterocycles. The molecule has 2 heterocycles.